The summed E-state index contributed by atoms with van der Waals surface area (Å²) in [6, 6.07) is 12.2. The SMILES string of the molecule is Cc1ccc(S(=O)(=O)N2C(Cc3nnnn3C)CCC2c2ccc(F)cc2)cc1. The first-order valence-electron chi connectivity index (χ1n) is 9.43. The standard InChI is InChI=1S/C20H22FN5O2S/c1-14-3-10-18(11-4-14)29(27,28)26-17(13-20-22-23-24-25(20)2)9-12-19(26)15-5-7-16(21)8-6-15/h3-8,10-11,17,19H,9,12-13H2,1-2H3. The third-order valence-corrected chi connectivity index (χ3v) is 7.39. The molecule has 4 rings (SSSR count). The van der Waals surface area contributed by atoms with Crippen molar-refractivity contribution in [3.05, 3.63) is 71.3 Å². The Labute approximate surface area is 169 Å². The maximum absolute atomic E-state index is 13.6. The van der Waals surface area contributed by atoms with E-state index in [4.69, 9.17) is 0 Å². The Morgan fingerprint density at radius 3 is 2.38 bits per heavy atom. The predicted molar refractivity (Wildman–Crippen MR) is 105 cm³/mol. The molecule has 1 saturated heterocycles. The summed E-state index contributed by atoms with van der Waals surface area (Å²) in [6.07, 6.45) is 1.72. The van der Waals surface area contributed by atoms with Gasteiger partial charge in [0.1, 0.15) is 5.82 Å². The Morgan fingerprint density at radius 1 is 1.07 bits per heavy atom. The Balaban J connectivity index is 1.75. The van der Waals surface area contributed by atoms with Gasteiger partial charge < -0.3 is 0 Å². The van der Waals surface area contributed by atoms with E-state index < -0.39 is 10.0 Å². The van der Waals surface area contributed by atoms with Crippen molar-refractivity contribution in [1.82, 2.24) is 24.5 Å². The fraction of sp³-hybridized carbons (Fsp3) is 0.350. The van der Waals surface area contributed by atoms with Crippen molar-refractivity contribution in [3.8, 4) is 0 Å². The largest absolute Gasteiger partial charge is 0.243 e. The number of aryl methyl sites for hydroxylation is 2. The molecule has 29 heavy (non-hydrogen) atoms. The molecule has 0 spiro atoms. The van der Waals surface area contributed by atoms with Crippen LogP contribution >= 0.6 is 0 Å². The van der Waals surface area contributed by atoms with Gasteiger partial charge in [-0.3, -0.25) is 0 Å². The second-order valence-electron chi connectivity index (χ2n) is 7.37. The molecule has 2 heterocycles. The molecule has 2 aromatic carbocycles. The molecule has 7 nitrogen and oxygen atoms in total. The van der Waals surface area contributed by atoms with E-state index in [9.17, 15) is 12.8 Å². The van der Waals surface area contributed by atoms with E-state index in [-0.39, 0.29) is 22.8 Å². The third-order valence-electron chi connectivity index (χ3n) is 5.42. The highest BCUT2D eigenvalue weighted by Crippen LogP contribution is 2.41. The van der Waals surface area contributed by atoms with Gasteiger partial charge in [0.05, 0.1) is 10.9 Å². The van der Waals surface area contributed by atoms with Gasteiger partial charge in [-0.1, -0.05) is 29.8 Å². The first-order chi connectivity index (χ1) is 13.9. The monoisotopic (exact) mass is 415 g/mol. The van der Waals surface area contributed by atoms with Gasteiger partial charge in [-0.15, -0.1) is 5.10 Å². The van der Waals surface area contributed by atoms with Crippen LogP contribution in [0.3, 0.4) is 0 Å². The van der Waals surface area contributed by atoms with Crippen LogP contribution in [0.25, 0.3) is 0 Å². The zero-order valence-electron chi connectivity index (χ0n) is 16.2. The van der Waals surface area contributed by atoms with Gasteiger partial charge in [-0.25, -0.2) is 17.5 Å². The number of halogens is 1. The van der Waals surface area contributed by atoms with Gasteiger partial charge in [0.2, 0.25) is 10.0 Å². The summed E-state index contributed by atoms with van der Waals surface area (Å²) in [4.78, 5) is 0.248. The number of benzene rings is 2. The number of sulfonamides is 1. The van der Waals surface area contributed by atoms with Crippen LogP contribution in [0.15, 0.2) is 53.4 Å². The normalized spacial score (nSPS) is 20.2. The van der Waals surface area contributed by atoms with Crippen molar-refractivity contribution >= 4 is 10.0 Å². The molecule has 2 atom stereocenters. The van der Waals surface area contributed by atoms with Gasteiger partial charge in [-0.2, -0.15) is 4.31 Å². The molecule has 0 aliphatic carbocycles. The van der Waals surface area contributed by atoms with Crippen LogP contribution < -0.4 is 0 Å². The number of nitrogens with zero attached hydrogens (tertiary/aromatic N) is 5. The van der Waals surface area contributed by atoms with Crippen LogP contribution in [0.4, 0.5) is 4.39 Å². The van der Waals surface area contributed by atoms with E-state index in [2.05, 4.69) is 15.5 Å². The van der Waals surface area contributed by atoms with E-state index in [1.165, 1.54) is 12.1 Å². The van der Waals surface area contributed by atoms with Crippen LogP contribution in [0.2, 0.25) is 0 Å². The van der Waals surface area contributed by atoms with Crippen molar-refractivity contribution in [1.29, 1.82) is 0 Å². The smallest absolute Gasteiger partial charge is 0.233 e. The first kappa shape index (κ1) is 19.7. The van der Waals surface area contributed by atoms with Crippen molar-refractivity contribution in [2.45, 2.75) is 43.2 Å². The number of tetrazole rings is 1. The second-order valence-corrected chi connectivity index (χ2v) is 9.21. The average Bonchev–Trinajstić information content (AvgIpc) is 3.30. The van der Waals surface area contributed by atoms with Crippen molar-refractivity contribution in [2.75, 3.05) is 0 Å². The molecule has 0 bridgehead atoms. The highest BCUT2D eigenvalue weighted by atomic mass is 32.2. The van der Waals surface area contributed by atoms with Crippen molar-refractivity contribution < 1.29 is 12.8 Å². The molecule has 9 heteroatoms. The Hall–Kier alpha value is -2.65. The first-order valence-corrected chi connectivity index (χ1v) is 10.9. The second kappa shape index (κ2) is 7.64. The summed E-state index contributed by atoms with van der Waals surface area (Å²) in [7, 11) is -2.03. The van der Waals surface area contributed by atoms with E-state index >= 15 is 0 Å². The van der Waals surface area contributed by atoms with Crippen LogP contribution in [-0.2, 0) is 23.5 Å². The van der Waals surface area contributed by atoms with Crippen LogP contribution in [-0.4, -0.2) is 39.0 Å². The molecule has 1 fully saturated rings. The fourth-order valence-electron chi connectivity index (χ4n) is 3.88. The summed E-state index contributed by atoms with van der Waals surface area (Å²) in [5.41, 5.74) is 1.77. The van der Waals surface area contributed by atoms with Gasteiger partial charge >= 0.3 is 0 Å². The summed E-state index contributed by atoms with van der Waals surface area (Å²) >= 11 is 0. The van der Waals surface area contributed by atoms with Gasteiger partial charge in [-0.05, 0) is 60.0 Å². The quantitative estimate of drug-likeness (QED) is 0.640. The molecule has 0 saturated carbocycles. The zero-order valence-corrected chi connectivity index (χ0v) is 17.1. The Morgan fingerprint density at radius 2 is 1.76 bits per heavy atom. The summed E-state index contributed by atoms with van der Waals surface area (Å²) in [5, 5.41) is 11.5. The average molecular weight is 415 g/mol. The topological polar surface area (TPSA) is 81.0 Å². The van der Waals surface area contributed by atoms with Gasteiger partial charge in [0.15, 0.2) is 5.82 Å². The molecule has 3 aromatic rings. The molecule has 1 aliphatic rings. The van der Waals surface area contributed by atoms with Crippen LogP contribution in [0, 0.1) is 12.7 Å². The number of hydrogen-bond acceptors (Lipinski definition) is 5. The van der Waals surface area contributed by atoms with E-state index in [0.29, 0.717) is 25.1 Å². The number of aromatic nitrogens is 4. The summed E-state index contributed by atoms with van der Waals surface area (Å²) in [5.74, 6) is 0.278. The molecule has 1 aromatic heterocycles. The van der Waals surface area contributed by atoms with Crippen molar-refractivity contribution in [3.63, 3.8) is 0 Å². The van der Waals surface area contributed by atoms with Gasteiger partial charge in [0.25, 0.3) is 0 Å². The summed E-state index contributed by atoms with van der Waals surface area (Å²) < 4.78 is 43.8. The maximum atomic E-state index is 13.6. The minimum absolute atomic E-state index is 0.248. The molecule has 0 amide bonds. The van der Waals surface area contributed by atoms with Crippen LogP contribution in [0.1, 0.15) is 35.8 Å². The Kier molecular flexibility index (Phi) is 5.18. The molecule has 1 aliphatic heterocycles. The number of hydrogen-bond donors (Lipinski definition) is 0. The predicted octanol–water partition coefficient (Wildman–Crippen LogP) is 2.79. The molecule has 2 unspecified atom stereocenters. The lowest BCUT2D eigenvalue weighted by Crippen LogP contribution is -2.39. The number of rotatable bonds is 5. The van der Waals surface area contributed by atoms with E-state index in [0.717, 1.165) is 11.1 Å². The third kappa shape index (κ3) is 3.79. The lowest BCUT2D eigenvalue weighted by molar-refractivity contribution is 0.319. The van der Waals surface area contributed by atoms with E-state index in [1.54, 1.807) is 52.4 Å². The molecular formula is C20H22FN5O2S. The van der Waals surface area contributed by atoms with E-state index in [1.807, 2.05) is 6.92 Å². The molecule has 0 radical (unpaired) electrons. The fourth-order valence-corrected chi connectivity index (χ4v) is 5.74. The Bertz CT molecular complexity index is 1100. The summed E-state index contributed by atoms with van der Waals surface area (Å²) in [6.45, 7) is 1.91. The minimum Gasteiger partial charge on any atom is -0.233 e. The van der Waals surface area contributed by atoms with Crippen LogP contribution in [0.5, 0.6) is 0 Å². The lowest BCUT2D eigenvalue weighted by atomic mass is 10.1. The molecule has 152 valence electrons. The zero-order chi connectivity index (χ0) is 20.6. The maximum Gasteiger partial charge on any atom is 0.243 e. The van der Waals surface area contributed by atoms with Gasteiger partial charge in [0, 0.05) is 19.5 Å². The highest BCUT2D eigenvalue weighted by molar-refractivity contribution is 7.89. The molecule has 0 N–H and O–H groups in total. The minimum atomic E-state index is -3.77. The molecular weight excluding hydrogens is 393 g/mol. The highest BCUT2D eigenvalue weighted by Gasteiger charge is 2.43. The lowest BCUT2D eigenvalue weighted by Gasteiger charge is -2.29. The van der Waals surface area contributed by atoms with Crippen molar-refractivity contribution in [2.24, 2.45) is 7.05 Å².